The number of rotatable bonds is 3. The van der Waals surface area contributed by atoms with Crippen LogP contribution in [-0.4, -0.2) is 52.6 Å². The monoisotopic (exact) mass is 427 g/mol. The average molecular weight is 427 g/mol. The standard InChI is InChI=1S/C19H21F4N5O2/c1-12-11-30-8-7-26(12)16-9-17(29)27-6-5-14(19(21,22)23)28(18(27)25-16)10-13-3-2-4-15(20)24-13/h2-4,9,12,14H,5-8,10-11H2,1H3. The van der Waals surface area contributed by atoms with E-state index in [9.17, 15) is 22.4 Å². The Morgan fingerprint density at radius 1 is 1.23 bits per heavy atom. The molecule has 4 rings (SSSR count). The second-order valence-electron chi connectivity index (χ2n) is 7.45. The van der Waals surface area contributed by atoms with Gasteiger partial charge in [0.25, 0.3) is 5.56 Å². The molecule has 7 nitrogen and oxygen atoms in total. The van der Waals surface area contributed by atoms with Crippen LogP contribution in [0.5, 0.6) is 0 Å². The van der Waals surface area contributed by atoms with Crippen LogP contribution in [0.2, 0.25) is 0 Å². The van der Waals surface area contributed by atoms with Crippen LogP contribution >= 0.6 is 0 Å². The van der Waals surface area contributed by atoms with Gasteiger partial charge in [0.05, 0.1) is 31.5 Å². The average Bonchev–Trinajstić information content (AvgIpc) is 2.68. The predicted molar refractivity (Wildman–Crippen MR) is 101 cm³/mol. The molecule has 2 aliphatic rings. The van der Waals surface area contributed by atoms with E-state index in [2.05, 4.69) is 9.97 Å². The first-order valence-corrected chi connectivity index (χ1v) is 9.65. The van der Waals surface area contributed by atoms with Crippen molar-refractivity contribution in [3.63, 3.8) is 0 Å². The number of morpholine rings is 1. The zero-order valence-corrected chi connectivity index (χ0v) is 16.3. The van der Waals surface area contributed by atoms with E-state index in [1.165, 1.54) is 22.8 Å². The van der Waals surface area contributed by atoms with E-state index in [0.717, 1.165) is 11.0 Å². The summed E-state index contributed by atoms with van der Waals surface area (Å²) in [5.74, 6) is -0.563. The highest BCUT2D eigenvalue weighted by molar-refractivity contribution is 5.47. The maximum atomic E-state index is 13.8. The summed E-state index contributed by atoms with van der Waals surface area (Å²) >= 11 is 0. The minimum atomic E-state index is -4.54. The van der Waals surface area contributed by atoms with Gasteiger partial charge in [0.15, 0.2) is 0 Å². The fraction of sp³-hybridized carbons (Fsp3) is 0.526. The van der Waals surface area contributed by atoms with Crippen LogP contribution in [0.1, 0.15) is 19.0 Å². The molecule has 0 saturated carbocycles. The smallest absolute Gasteiger partial charge is 0.377 e. The number of alkyl halides is 3. The van der Waals surface area contributed by atoms with Gasteiger partial charge in [-0.05, 0) is 25.5 Å². The summed E-state index contributed by atoms with van der Waals surface area (Å²) < 4.78 is 61.6. The molecule has 0 spiro atoms. The third kappa shape index (κ3) is 3.98. The van der Waals surface area contributed by atoms with Gasteiger partial charge in [-0.2, -0.15) is 22.5 Å². The molecule has 2 aromatic heterocycles. The van der Waals surface area contributed by atoms with Crippen LogP contribution in [0.15, 0.2) is 29.1 Å². The van der Waals surface area contributed by atoms with Crippen LogP contribution in [0.25, 0.3) is 0 Å². The summed E-state index contributed by atoms with van der Waals surface area (Å²) in [6.07, 6.45) is -4.85. The zero-order valence-electron chi connectivity index (χ0n) is 16.3. The van der Waals surface area contributed by atoms with Gasteiger partial charge in [-0.25, -0.2) is 4.98 Å². The van der Waals surface area contributed by atoms with E-state index in [1.807, 2.05) is 11.8 Å². The Morgan fingerprint density at radius 3 is 2.73 bits per heavy atom. The van der Waals surface area contributed by atoms with Gasteiger partial charge in [0, 0.05) is 19.2 Å². The summed E-state index contributed by atoms with van der Waals surface area (Å²) in [4.78, 5) is 23.7. The lowest BCUT2D eigenvalue weighted by Crippen LogP contribution is -2.52. The molecule has 1 saturated heterocycles. The van der Waals surface area contributed by atoms with Crippen LogP contribution < -0.4 is 15.4 Å². The Bertz CT molecular complexity index is 980. The van der Waals surface area contributed by atoms with Crippen molar-refractivity contribution in [2.75, 3.05) is 29.6 Å². The van der Waals surface area contributed by atoms with Gasteiger partial charge < -0.3 is 14.5 Å². The summed E-state index contributed by atoms with van der Waals surface area (Å²) in [7, 11) is 0. The summed E-state index contributed by atoms with van der Waals surface area (Å²) in [6.45, 7) is 2.82. The Morgan fingerprint density at radius 2 is 2.03 bits per heavy atom. The molecule has 162 valence electrons. The first-order chi connectivity index (χ1) is 14.2. The molecule has 0 bridgehead atoms. The lowest BCUT2D eigenvalue weighted by molar-refractivity contribution is -0.153. The van der Waals surface area contributed by atoms with E-state index in [4.69, 9.17) is 4.74 Å². The third-order valence-corrected chi connectivity index (χ3v) is 5.38. The molecule has 11 heteroatoms. The topological polar surface area (TPSA) is 63.5 Å². The van der Waals surface area contributed by atoms with Gasteiger partial charge >= 0.3 is 6.18 Å². The van der Waals surface area contributed by atoms with E-state index in [-0.39, 0.29) is 37.2 Å². The molecular formula is C19H21F4N5O2. The molecule has 0 aliphatic carbocycles. The van der Waals surface area contributed by atoms with Gasteiger partial charge in [0.1, 0.15) is 11.9 Å². The molecule has 2 unspecified atom stereocenters. The lowest BCUT2D eigenvalue weighted by Gasteiger charge is -2.40. The van der Waals surface area contributed by atoms with Crippen LogP contribution in [-0.2, 0) is 17.8 Å². The van der Waals surface area contributed by atoms with Crippen molar-refractivity contribution in [2.24, 2.45) is 0 Å². The number of aromatic nitrogens is 3. The molecule has 0 aromatic carbocycles. The van der Waals surface area contributed by atoms with Crippen LogP contribution in [0.3, 0.4) is 0 Å². The minimum Gasteiger partial charge on any atom is -0.377 e. The Balaban J connectivity index is 1.79. The highest BCUT2D eigenvalue weighted by atomic mass is 19.4. The largest absolute Gasteiger partial charge is 0.408 e. The summed E-state index contributed by atoms with van der Waals surface area (Å²) in [5.41, 5.74) is -0.302. The molecule has 2 aliphatic heterocycles. The van der Waals surface area contributed by atoms with Crippen LogP contribution in [0, 0.1) is 5.95 Å². The molecule has 4 heterocycles. The third-order valence-electron chi connectivity index (χ3n) is 5.38. The number of hydrogen-bond donors (Lipinski definition) is 0. The predicted octanol–water partition coefficient (Wildman–Crippen LogP) is 2.34. The lowest BCUT2D eigenvalue weighted by atomic mass is 10.1. The van der Waals surface area contributed by atoms with E-state index >= 15 is 0 Å². The second-order valence-corrected chi connectivity index (χ2v) is 7.45. The normalized spacial score (nSPS) is 22.2. The number of ether oxygens (including phenoxy) is 1. The molecular weight excluding hydrogens is 406 g/mol. The minimum absolute atomic E-state index is 0.0750. The van der Waals surface area contributed by atoms with Crippen LogP contribution in [0.4, 0.5) is 29.3 Å². The fourth-order valence-corrected chi connectivity index (χ4v) is 3.91. The summed E-state index contributed by atoms with van der Waals surface area (Å²) in [5, 5.41) is 0. The van der Waals surface area contributed by atoms with Gasteiger partial charge in [-0.3, -0.25) is 9.36 Å². The number of fused-ring (bicyclic) bond motifs is 1. The molecule has 2 atom stereocenters. The van der Waals surface area contributed by atoms with Gasteiger partial charge in [0.2, 0.25) is 11.9 Å². The van der Waals surface area contributed by atoms with Gasteiger partial charge in [-0.1, -0.05) is 6.07 Å². The van der Waals surface area contributed by atoms with Crippen molar-refractivity contribution in [1.82, 2.24) is 14.5 Å². The van der Waals surface area contributed by atoms with E-state index in [1.54, 1.807) is 0 Å². The highest BCUT2D eigenvalue weighted by Gasteiger charge is 2.47. The first-order valence-electron chi connectivity index (χ1n) is 9.65. The Kier molecular flexibility index (Phi) is 5.39. The Labute approximate surface area is 169 Å². The number of nitrogens with zero attached hydrogens (tertiary/aromatic N) is 5. The van der Waals surface area contributed by atoms with Crippen molar-refractivity contribution in [2.45, 2.75) is 44.7 Å². The van der Waals surface area contributed by atoms with E-state index in [0.29, 0.717) is 25.6 Å². The molecule has 1 fully saturated rings. The van der Waals surface area contributed by atoms with Crippen molar-refractivity contribution in [3.8, 4) is 0 Å². The Hall–Kier alpha value is -2.69. The number of pyridine rings is 1. The number of hydrogen-bond acceptors (Lipinski definition) is 6. The van der Waals surface area contributed by atoms with Crippen molar-refractivity contribution >= 4 is 11.8 Å². The molecule has 0 N–H and O–H groups in total. The van der Waals surface area contributed by atoms with Crippen molar-refractivity contribution in [1.29, 1.82) is 0 Å². The highest BCUT2D eigenvalue weighted by Crippen LogP contribution is 2.35. The fourth-order valence-electron chi connectivity index (χ4n) is 3.91. The zero-order chi connectivity index (χ0) is 21.5. The van der Waals surface area contributed by atoms with Crippen molar-refractivity contribution < 1.29 is 22.3 Å². The molecule has 30 heavy (non-hydrogen) atoms. The van der Waals surface area contributed by atoms with Gasteiger partial charge in [-0.15, -0.1) is 0 Å². The maximum absolute atomic E-state index is 13.8. The molecule has 0 radical (unpaired) electrons. The SMILES string of the molecule is CC1COCCN1c1cc(=O)n2c(n1)N(Cc1cccc(F)n1)C(C(F)(F)F)CC2. The maximum Gasteiger partial charge on any atom is 0.408 e. The van der Waals surface area contributed by atoms with E-state index < -0.39 is 23.7 Å². The second kappa shape index (κ2) is 7.86. The first kappa shape index (κ1) is 20.6. The number of anilines is 2. The molecule has 2 aromatic rings. The quantitative estimate of drug-likeness (QED) is 0.554. The van der Waals surface area contributed by atoms with Crippen molar-refractivity contribution in [3.05, 3.63) is 46.3 Å². The number of halogens is 4. The summed E-state index contributed by atoms with van der Waals surface area (Å²) in [6, 6.07) is 3.37. The molecule has 0 amide bonds.